The van der Waals surface area contributed by atoms with Gasteiger partial charge in [0.1, 0.15) is 11.6 Å². The van der Waals surface area contributed by atoms with Crippen LogP contribution in [0.4, 0.5) is 10.1 Å². The summed E-state index contributed by atoms with van der Waals surface area (Å²) in [5.41, 5.74) is 5.12. The highest BCUT2D eigenvalue weighted by Crippen LogP contribution is 2.43. The van der Waals surface area contributed by atoms with Crippen LogP contribution in [0.1, 0.15) is 36.8 Å². The van der Waals surface area contributed by atoms with Crippen molar-refractivity contribution in [2.75, 3.05) is 5.32 Å². The Morgan fingerprint density at radius 2 is 1.89 bits per heavy atom. The van der Waals surface area contributed by atoms with E-state index in [2.05, 4.69) is 25.7 Å². The summed E-state index contributed by atoms with van der Waals surface area (Å²) in [6, 6.07) is 7.44. The predicted octanol–water partition coefficient (Wildman–Crippen LogP) is 4.54. The third-order valence-corrected chi connectivity index (χ3v) is 5.61. The fraction of sp³-hybridized carbons (Fsp3) is 0.286. The van der Waals surface area contributed by atoms with Crippen LogP contribution in [0.3, 0.4) is 0 Å². The van der Waals surface area contributed by atoms with Gasteiger partial charge >= 0.3 is 0 Å². The third-order valence-electron chi connectivity index (χ3n) is 5.61. The lowest BCUT2D eigenvalue weighted by atomic mass is 9.92. The molecular weight excluding hydrogens is 355 g/mol. The van der Waals surface area contributed by atoms with Crippen LogP contribution < -0.4 is 5.32 Å². The van der Waals surface area contributed by atoms with E-state index in [1.807, 2.05) is 57.4 Å². The van der Waals surface area contributed by atoms with Crippen LogP contribution in [0.15, 0.2) is 24.3 Å². The number of halogens is 1. The second kappa shape index (κ2) is 5.41. The van der Waals surface area contributed by atoms with Gasteiger partial charge in [0.2, 0.25) is 0 Å². The predicted molar refractivity (Wildman–Crippen MR) is 107 cm³/mol. The van der Waals surface area contributed by atoms with E-state index in [-0.39, 0.29) is 5.82 Å². The van der Waals surface area contributed by atoms with Gasteiger partial charge in [-0.15, -0.1) is 10.2 Å². The van der Waals surface area contributed by atoms with Crippen molar-refractivity contribution in [3.8, 4) is 16.8 Å². The van der Waals surface area contributed by atoms with Gasteiger partial charge in [-0.1, -0.05) is 18.2 Å². The lowest BCUT2D eigenvalue weighted by molar-refractivity contribution is 0.532. The molecule has 2 N–H and O–H groups in total. The van der Waals surface area contributed by atoms with Crippen molar-refractivity contribution in [1.82, 2.24) is 25.0 Å². The number of para-hydroxylation sites is 1. The number of H-pyrrole nitrogens is 1. The first kappa shape index (κ1) is 16.9. The number of benzene rings is 2. The van der Waals surface area contributed by atoms with E-state index < -0.39 is 5.54 Å². The molecule has 0 amide bonds. The van der Waals surface area contributed by atoms with Crippen molar-refractivity contribution in [2.24, 2.45) is 0 Å². The molecule has 0 radical (unpaired) electrons. The summed E-state index contributed by atoms with van der Waals surface area (Å²) < 4.78 is 17.4. The molecule has 2 aromatic heterocycles. The average molecular weight is 376 g/mol. The molecule has 0 fully saturated rings. The summed E-state index contributed by atoms with van der Waals surface area (Å²) in [6.45, 7) is 9.85. The summed E-state index contributed by atoms with van der Waals surface area (Å²) in [4.78, 5) is 0. The maximum atomic E-state index is 15.4. The molecule has 1 aliphatic heterocycles. The van der Waals surface area contributed by atoms with Crippen molar-refractivity contribution in [2.45, 2.75) is 40.2 Å². The zero-order valence-electron chi connectivity index (χ0n) is 16.5. The first-order valence-electron chi connectivity index (χ1n) is 9.28. The Hall–Kier alpha value is -3.22. The number of anilines is 1. The molecule has 0 bridgehead atoms. The Kier molecular flexibility index (Phi) is 3.27. The van der Waals surface area contributed by atoms with Gasteiger partial charge in [-0.25, -0.2) is 4.39 Å². The van der Waals surface area contributed by atoms with Gasteiger partial charge in [-0.05, 0) is 46.2 Å². The normalized spacial score (nSPS) is 14.6. The molecule has 0 saturated heterocycles. The smallest absolute Gasteiger partial charge is 0.162 e. The molecule has 5 rings (SSSR count). The molecule has 7 heteroatoms. The SMILES string of the molecule is Cc1c(-c2cccc3c(C)n[nH]c23)c(F)cc2c1-n1c(C)nnc1C(C)(C)N2. The van der Waals surface area contributed by atoms with E-state index in [4.69, 9.17) is 0 Å². The van der Waals surface area contributed by atoms with Crippen LogP contribution >= 0.6 is 0 Å². The standard InChI is InChI=1S/C21H21FN6/c1-10-17(14-8-6-7-13-11(2)24-26-18(13)14)15(22)9-16-19(10)28-12(3)25-27-20(28)21(4,5)23-16/h6-9,23H,1-5H3,(H,24,26). The maximum Gasteiger partial charge on any atom is 0.162 e. The molecule has 2 aromatic carbocycles. The molecule has 28 heavy (non-hydrogen) atoms. The van der Waals surface area contributed by atoms with Gasteiger partial charge in [-0.3, -0.25) is 9.67 Å². The number of aromatic amines is 1. The van der Waals surface area contributed by atoms with Gasteiger partial charge in [-0.2, -0.15) is 5.10 Å². The molecule has 6 nitrogen and oxygen atoms in total. The van der Waals surface area contributed by atoms with E-state index in [1.54, 1.807) is 6.07 Å². The molecule has 0 unspecified atom stereocenters. The molecule has 0 saturated carbocycles. The summed E-state index contributed by atoms with van der Waals surface area (Å²) in [7, 11) is 0. The Morgan fingerprint density at radius 3 is 2.68 bits per heavy atom. The van der Waals surface area contributed by atoms with Crippen LogP contribution in [-0.2, 0) is 5.54 Å². The molecule has 1 aliphatic rings. The summed E-state index contributed by atoms with van der Waals surface area (Å²) in [5, 5.41) is 20.4. The molecule has 0 atom stereocenters. The van der Waals surface area contributed by atoms with E-state index >= 15 is 4.39 Å². The zero-order valence-corrected chi connectivity index (χ0v) is 16.5. The highest BCUT2D eigenvalue weighted by atomic mass is 19.1. The number of aryl methyl sites for hydroxylation is 2. The number of aromatic nitrogens is 5. The van der Waals surface area contributed by atoms with Gasteiger partial charge in [0.05, 0.1) is 28.1 Å². The molecule has 3 heterocycles. The van der Waals surface area contributed by atoms with Crippen molar-refractivity contribution < 1.29 is 4.39 Å². The van der Waals surface area contributed by atoms with Crippen molar-refractivity contribution in [3.63, 3.8) is 0 Å². The van der Waals surface area contributed by atoms with Crippen LogP contribution in [0.25, 0.3) is 27.7 Å². The van der Waals surface area contributed by atoms with E-state index in [1.165, 1.54) is 0 Å². The number of nitrogens with one attached hydrogen (secondary N) is 2. The van der Waals surface area contributed by atoms with E-state index in [0.29, 0.717) is 5.56 Å². The lowest BCUT2D eigenvalue weighted by Crippen LogP contribution is -2.36. The van der Waals surface area contributed by atoms with Crippen LogP contribution in [-0.4, -0.2) is 25.0 Å². The Balaban J connectivity index is 1.86. The van der Waals surface area contributed by atoms with Crippen molar-refractivity contribution >= 4 is 16.6 Å². The average Bonchev–Trinajstić information content (AvgIpc) is 3.19. The highest BCUT2D eigenvalue weighted by molar-refractivity contribution is 5.97. The molecule has 4 aromatic rings. The minimum absolute atomic E-state index is 0.270. The summed E-state index contributed by atoms with van der Waals surface area (Å²) in [5.74, 6) is 1.32. The quantitative estimate of drug-likeness (QED) is 0.512. The summed E-state index contributed by atoms with van der Waals surface area (Å²) >= 11 is 0. The topological polar surface area (TPSA) is 71.4 Å². The van der Waals surface area contributed by atoms with E-state index in [9.17, 15) is 0 Å². The maximum absolute atomic E-state index is 15.4. The number of nitrogens with zero attached hydrogens (tertiary/aromatic N) is 4. The fourth-order valence-electron chi connectivity index (χ4n) is 4.29. The second-order valence-electron chi connectivity index (χ2n) is 7.95. The largest absolute Gasteiger partial charge is 0.371 e. The monoisotopic (exact) mass is 376 g/mol. The number of fused-ring (bicyclic) bond motifs is 4. The van der Waals surface area contributed by atoms with Gasteiger partial charge in [0, 0.05) is 16.5 Å². The second-order valence-corrected chi connectivity index (χ2v) is 7.95. The number of hydrogen-bond acceptors (Lipinski definition) is 4. The van der Waals surface area contributed by atoms with Crippen LogP contribution in [0.2, 0.25) is 0 Å². The van der Waals surface area contributed by atoms with Crippen LogP contribution in [0, 0.1) is 26.6 Å². The minimum atomic E-state index is -0.449. The van der Waals surface area contributed by atoms with Gasteiger partial charge in [0.15, 0.2) is 5.82 Å². The van der Waals surface area contributed by atoms with Crippen molar-refractivity contribution in [1.29, 1.82) is 0 Å². The van der Waals surface area contributed by atoms with E-state index in [0.717, 1.165) is 50.7 Å². The Bertz CT molecular complexity index is 1260. The number of hydrogen-bond donors (Lipinski definition) is 2. The molecule has 0 spiro atoms. The summed E-state index contributed by atoms with van der Waals surface area (Å²) in [6.07, 6.45) is 0. The molecule has 142 valence electrons. The Labute approximate surface area is 161 Å². The molecular formula is C21H21FN6. The molecule has 0 aliphatic carbocycles. The number of rotatable bonds is 1. The highest BCUT2D eigenvalue weighted by Gasteiger charge is 2.36. The minimum Gasteiger partial charge on any atom is -0.371 e. The Morgan fingerprint density at radius 1 is 1.11 bits per heavy atom. The lowest BCUT2D eigenvalue weighted by Gasteiger charge is -2.35. The first-order valence-corrected chi connectivity index (χ1v) is 9.28. The zero-order chi connectivity index (χ0) is 19.8. The van der Waals surface area contributed by atoms with Gasteiger partial charge in [0.25, 0.3) is 0 Å². The fourth-order valence-corrected chi connectivity index (χ4v) is 4.29. The van der Waals surface area contributed by atoms with Gasteiger partial charge < -0.3 is 5.32 Å². The third kappa shape index (κ3) is 2.10. The van der Waals surface area contributed by atoms with Crippen molar-refractivity contribution in [3.05, 3.63) is 53.0 Å². The van der Waals surface area contributed by atoms with Crippen LogP contribution in [0.5, 0.6) is 0 Å². The first-order chi connectivity index (χ1) is 13.3.